The molecular weight excluding hydrogens is 306 g/mol. The van der Waals surface area contributed by atoms with Gasteiger partial charge in [0.1, 0.15) is 0 Å². The van der Waals surface area contributed by atoms with Gasteiger partial charge in [0.15, 0.2) is 0 Å². The molecule has 1 aromatic rings. The van der Waals surface area contributed by atoms with Crippen molar-refractivity contribution in [2.24, 2.45) is 5.73 Å². The van der Waals surface area contributed by atoms with Gasteiger partial charge in [-0.25, -0.2) is 0 Å². The highest BCUT2D eigenvalue weighted by atomic mass is 79.9. The third-order valence-corrected chi connectivity index (χ3v) is 4.36. The summed E-state index contributed by atoms with van der Waals surface area (Å²) in [6, 6.07) is 6.40. The van der Waals surface area contributed by atoms with Crippen molar-refractivity contribution in [2.75, 3.05) is 44.2 Å². The number of aliphatic hydroxyl groups is 1. The van der Waals surface area contributed by atoms with Crippen molar-refractivity contribution in [3.8, 4) is 0 Å². The number of anilines is 1. The van der Waals surface area contributed by atoms with E-state index >= 15 is 0 Å². The largest absolute Gasteiger partial charge is 0.395 e. The minimum atomic E-state index is 0.247. The quantitative estimate of drug-likeness (QED) is 0.878. The second-order valence-electron chi connectivity index (χ2n) is 4.89. The summed E-state index contributed by atoms with van der Waals surface area (Å²) in [5, 5.41) is 9.01. The van der Waals surface area contributed by atoms with E-state index in [1.165, 1.54) is 5.69 Å². The number of halogens is 1. The molecular formula is C14H22BrN3O. The average Bonchev–Trinajstić information content (AvgIpc) is 2.65. The maximum Gasteiger partial charge on any atom is 0.0558 e. The van der Waals surface area contributed by atoms with Gasteiger partial charge in [0.25, 0.3) is 0 Å². The van der Waals surface area contributed by atoms with E-state index in [9.17, 15) is 0 Å². The fourth-order valence-corrected chi connectivity index (χ4v) is 3.02. The van der Waals surface area contributed by atoms with Gasteiger partial charge in [0.05, 0.1) is 6.61 Å². The van der Waals surface area contributed by atoms with Crippen molar-refractivity contribution in [3.63, 3.8) is 0 Å². The van der Waals surface area contributed by atoms with Gasteiger partial charge in [0.2, 0.25) is 0 Å². The number of β-amino-alcohol motifs (C(OH)–C–C–N with tert-alkyl or cyclic N) is 1. The first kappa shape index (κ1) is 14.8. The molecule has 0 radical (unpaired) electrons. The first-order valence-electron chi connectivity index (χ1n) is 6.81. The number of hydrogen-bond donors (Lipinski definition) is 2. The predicted octanol–water partition coefficient (Wildman–Crippen LogP) is 1.41. The van der Waals surface area contributed by atoms with Gasteiger partial charge >= 0.3 is 0 Å². The number of nitrogens with two attached hydrogens (primary N) is 1. The summed E-state index contributed by atoms with van der Waals surface area (Å²) in [5.74, 6) is 0. The van der Waals surface area contributed by atoms with Crippen LogP contribution in [0.3, 0.4) is 0 Å². The summed E-state index contributed by atoms with van der Waals surface area (Å²) in [7, 11) is 0. The second-order valence-corrected chi connectivity index (χ2v) is 5.74. The Balaban J connectivity index is 2.03. The molecule has 0 saturated carbocycles. The topological polar surface area (TPSA) is 52.7 Å². The molecule has 1 aliphatic heterocycles. The first-order valence-corrected chi connectivity index (χ1v) is 7.60. The zero-order valence-electron chi connectivity index (χ0n) is 11.2. The number of benzene rings is 1. The smallest absolute Gasteiger partial charge is 0.0558 e. The summed E-state index contributed by atoms with van der Waals surface area (Å²) >= 11 is 3.58. The molecule has 0 spiro atoms. The molecule has 1 heterocycles. The van der Waals surface area contributed by atoms with Crippen molar-refractivity contribution in [1.82, 2.24) is 4.90 Å². The van der Waals surface area contributed by atoms with Gasteiger partial charge in [-0.15, -0.1) is 0 Å². The first-order chi connectivity index (χ1) is 9.24. The molecule has 0 atom stereocenters. The van der Waals surface area contributed by atoms with E-state index in [0.717, 1.165) is 49.2 Å². The van der Waals surface area contributed by atoms with E-state index in [1.54, 1.807) is 0 Å². The molecule has 1 aliphatic rings. The zero-order valence-corrected chi connectivity index (χ0v) is 12.8. The summed E-state index contributed by atoms with van der Waals surface area (Å²) < 4.78 is 1.09. The van der Waals surface area contributed by atoms with Crippen LogP contribution in [-0.4, -0.2) is 49.3 Å². The van der Waals surface area contributed by atoms with Gasteiger partial charge in [0, 0.05) is 42.9 Å². The molecule has 0 unspecified atom stereocenters. The number of nitrogens with zero attached hydrogens (tertiary/aromatic N) is 2. The highest BCUT2D eigenvalue weighted by molar-refractivity contribution is 9.10. The van der Waals surface area contributed by atoms with Crippen molar-refractivity contribution >= 4 is 21.6 Å². The molecule has 5 heteroatoms. The normalized spacial score (nSPS) is 17.5. The van der Waals surface area contributed by atoms with Crippen LogP contribution in [0.4, 0.5) is 5.69 Å². The Morgan fingerprint density at radius 1 is 1.21 bits per heavy atom. The zero-order chi connectivity index (χ0) is 13.7. The molecule has 106 valence electrons. The van der Waals surface area contributed by atoms with Gasteiger partial charge in [-0.05, 0) is 30.7 Å². The van der Waals surface area contributed by atoms with E-state index in [4.69, 9.17) is 10.8 Å². The van der Waals surface area contributed by atoms with E-state index < -0.39 is 0 Å². The highest BCUT2D eigenvalue weighted by Gasteiger charge is 2.15. The van der Waals surface area contributed by atoms with E-state index in [0.29, 0.717) is 6.54 Å². The molecule has 0 amide bonds. The Hall–Kier alpha value is -0.620. The molecule has 19 heavy (non-hydrogen) atoms. The van der Waals surface area contributed by atoms with Crippen LogP contribution in [0.2, 0.25) is 0 Å². The summed E-state index contributed by atoms with van der Waals surface area (Å²) in [6.45, 7) is 5.74. The van der Waals surface area contributed by atoms with Gasteiger partial charge in [-0.2, -0.15) is 0 Å². The molecule has 1 aromatic carbocycles. The molecule has 0 aliphatic carbocycles. The lowest BCUT2D eigenvalue weighted by molar-refractivity contribution is 0.204. The lowest BCUT2D eigenvalue weighted by Crippen LogP contribution is -2.32. The number of aliphatic hydroxyl groups excluding tert-OH is 1. The summed E-state index contributed by atoms with van der Waals surface area (Å²) in [6.07, 6.45) is 1.14. The molecule has 2 rings (SSSR count). The Bertz CT molecular complexity index is 414. The summed E-state index contributed by atoms with van der Waals surface area (Å²) in [5.41, 5.74) is 8.07. The maximum absolute atomic E-state index is 9.01. The lowest BCUT2D eigenvalue weighted by atomic mass is 10.2. The maximum atomic E-state index is 9.01. The molecule has 1 saturated heterocycles. The molecule has 0 bridgehead atoms. The van der Waals surface area contributed by atoms with Crippen molar-refractivity contribution in [2.45, 2.75) is 13.0 Å². The van der Waals surface area contributed by atoms with E-state index in [-0.39, 0.29) is 6.61 Å². The lowest BCUT2D eigenvalue weighted by Gasteiger charge is -2.24. The third kappa shape index (κ3) is 3.92. The molecule has 3 N–H and O–H groups in total. The van der Waals surface area contributed by atoms with Crippen LogP contribution in [-0.2, 0) is 6.54 Å². The van der Waals surface area contributed by atoms with Crippen LogP contribution < -0.4 is 10.6 Å². The average molecular weight is 328 g/mol. The van der Waals surface area contributed by atoms with Crippen molar-refractivity contribution in [1.29, 1.82) is 0 Å². The predicted molar refractivity (Wildman–Crippen MR) is 82.4 cm³/mol. The van der Waals surface area contributed by atoms with Gasteiger partial charge < -0.3 is 15.7 Å². The van der Waals surface area contributed by atoms with Gasteiger partial charge in [-0.1, -0.05) is 22.0 Å². The van der Waals surface area contributed by atoms with Crippen LogP contribution in [0.1, 0.15) is 12.0 Å². The third-order valence-electron chi connectivity index (χ3n) is 3.63. The van der Waals surface area contributed by atoms with Crippen LogP contribution in [0.15, 0.2) is 22.7 Å². The van der Waals surface area contributed by atoms with Crippen LogP contribution in [0, 0.1) is 0 Å². The van der Waals surface area contributed by atoms with E-state index in [2.05, 4.69) is 43.9 Å². The second kappa shape index (κ2) is 7.24. The SMILES string of the molecule is NCc1ccc(N2CCCN(CCO)CC2)cc1Br. The van der Waals surface area contributed by atoms with E-state index in [1.807, 2.05) is 0 Å². The van der Waals surface area contributed by atoms with Gasteiger partial charge in [-0.3, -0.25) is 4.90 Å². The summed E-state index contributed by atoms with van der Waals surface area (Å²) in [4.78, 5) is 4.73. The molecule has 4 nitrogen and oxygen atoms in total. The Morgan fingerprint density at radius 2 is 2.05 bits per heavy atom. The Morgan fingerprint density at radius 3 is 2.74 bits per heavy atom. The fraction of sp³-hybridized carbons (Fsp3) is 0.571. The fourth-order valence-electron chi connectivity index (χ4n) is 2.49. The van der Waals surface area contributed by atoms with Crippen LogP contribution in [0.5, 0.6) is 0 Å². The van der Waals surface area contributed by atoms with Crippen molar-refractivity contribution < 1.29 is 5.11 Å². The monoisotopic (exact) mass is 327 g/mol. The highest BCUT2D eigenvalue weighted by Crippen LogP contribution is 2.24. The number of hydrogen-bond acceptors (Lipinski definition) is 4. The van der Waals surface area contributed by atoms with Crippen molar-refractivity contribution in [3.05, 3.63) is 28.2 Å². The molecule has 0 aromatic heterocycles. The Labute approximate surface area is 123 Å². The number of rotatable bonds is 4. The van der Waals surface area contributed by atoms with Crippen LogP contribution >= 0.6 is 15.9 Å². The minimum Gasteiger partial charge on any atom is -0.395 e. The molecule has 1 fully saturated rings. The standard InChI is InChI=1S/C14H22BrN3O/c15-14-10-13(3-2-12(14)11-16)18-5-1-4-17(6-7-18)8-9-19/h2-3,10,19H,1,4-9,11,16H2. The Kier molecular flexibility index (Phi) is 5.63. The van der Waals surface area contributed by atoms with Crippen LogP contribution in [0.25, 0.3) is 0 Å². The minimum absolute atomic E-state index is 0.247.